The lowest BCUT2D eigenvalue weighted by atomic mass is 9.98. The van der Waals surface area contributed by atoms with Gasteiger partial charge in [-0.15, -0.1) is 0 Å². The van der Waals surface area contributed by atoms with Crippen LogP contribution in [-0.4, -0.2) is 64.9 Å². The number of primary amides is 1. The number of nitrogens with two attached hydrogens (primary N) is 1. The number of carbonyl (C=O) groups excluding carboxylic acids is 2. The fraction of sp³-hybridized carbons (Fsp3) is 0.526. The summed E-state index contributed by atoms with van der Waals surface area (Å²) in [4.78, 5) is 34.0. The summed E-state index contributed by atoms with van der Waals surface area (Å²) >= 11 is 0. The number of rotatable bonds is 4. The molecule has 0 unspecified atom stereocenters. The molecule has 0 atom stereocenters. The summed E-state index contributed by atoms with van der Waals surface area (Å²) < 4.78 is 0. The van der Waals surface area contributed by atoms with Crippen LogP contribution in [0.3, 0.4) is 0 Å². The SMILES string of the molecule is NC(=O)c1cccc2[nH]c(C(=O)NC3CCN(C4CCNCC4)CC3)nc12. The van der Waals surface area contributed by atoms with Gasteiger partial charge in [-0.05, 0) is 50.9 Å². The summed E-state index contributed by atoms with van der Waals surface area (Å²) in [5.41, 5.74) is 6.78. The Hall–Kier alpha value is -2.45. The minimum atomic E-state index is -0.552. The number of piperidine rings is 2. The third-order valence-electron chi connectivity index (χ3n) is 5.68. The fourth-order valence-corrected chi connectivity index (χ4v) is 4.17. The molecule has 144 valence electrons. The van der Waals surface area contributed by atoms with E-state index in [1.165, 1.54) is 12.8 Å². The molecule has 8 heteroatoms. The third-order valence-corrected chi connectivity index (χ3v) is 5.68. The van der Waals surface area contributed by atoms with Crippen LogP contribution in [0.4, 0.5) is 0 Å². The van der Waals surface area contributed by atoms with Crippen LogP contribution >= 0.6 is 0 Å². The van der Waals surface area contributed by atoms with E-state index < -0.39 is 5.91 Å². The van der Waals surface area contributed by atoms with Crippen molar-refractivity contribution in [3.63, 3.8) is 0 Å². The average molecular weight is 370 g/mol. The van der Waals surface area contributed by atoms with E-state index in [0.717, 1.165) is 39.0 Å². The van der Waals surface area contributed by atoms with Gasteiger partial charge in [0.05, 0.1) is 11.1 Å². The predicted octanol–water partition coefficient (Wildman–Crippen LogP) is 0.608. The van der Waals surface area contributed by atoms with Gasteiger partial charge in [0.1, 0.15) is 5.52 Å². The molecule has 0 saturated carbocycles. The number of fused-ring (bicyclic) bond motifs is 1. The number of likely N-dealkylation sites (tertiary alicyclic amines) is 1. The van der Waals surface area contributed by atoms with Gasteiger partial charge in [0.25, 0.3) is 11.8 Å². The summed E-state index contributed by atoms with van der Waals surface area (Å²) in [6.45, 7) is 4.23. The highest BCUT2D eigenvalue weighted by Crippen LogP contribution is 2.20. The number of imidazole rings is 1. The maximum absolute atomic E-state index is 12.6. The number of nitrogens with one attached hydrogen (secondary N) is 3. The molecule has 2 fully saturated rings. The van der Waals surface area contributed by atoms with Gasteiger partial charge in [-0.3, -0.25) is 9.59 Å². The van der Waals surface area contributed by atoms with Crippen molar-refractivity contribution in [2.24, 2.45) is 5.73 Å². The molecule has 0 radical (unpaired) electrons. The van der Waals surface area contributed by atoms with Crippen LogP contribution in [0.1, 0.15) is 46.7 Å². The third kappa shape index (κ3) is 3.81. The Kier molecular flexibility index (Phi) is 5.09. The first-order valence-corrected chi connectivity index (χ1v) is 9.66. The summed E-state index contributed by atoms with van der Waals surface area (Å²) in [5.74, 6) is -0.564. The maximum Gasteiger partial charge on any atom is 0.287 e. The number of hydrogen-bond donors (Lipinski definition) is 4. The van der Waals surface area contributed by atoms with Gasteiger partial charge < -0.3 is 26.3 Å². The average Bonchev–Trinajstić information content (AvgIpc) is 3.13. The molecule has 2 aliphatic rings. The Balaban J connectivity index is 1.38. The van der Waals surface area contributed by atoms with Crippen LogP contribution < -0.4 is 16.4 Å². The van der Waals surface area contributed by atoms with Crippen molar-refractivity contribution in [3.05, 3.63) is 29.6 Å². The number of aromatic nitrogens is 2. The Bertz CT molecular complexity index is 834. The summed E-state index contributed by atoms with van der Waals surface area (Å²) in [6, 6.07) is 5.94. The zero-order chi connectivity index (χ0) is 18.8. The van der Waals surface area contributed by atoms with Gasteiger partial charge in [0, 0.05) is 25.2 Å². The molecule has 1 aromatic carbocycles. The molecule has 0 spiro atoms. The molecule has 3 heterocycles. The van der Waals surface area contributed by atoms with Crippen molar-refractivity contribution in [2.75, 3.05) is 26.2 Å². The highest BCUT2D eigenvalue weighted by Gasteiger charge is 2.27. The van der Waals surface area contributed by atoms with E-state index in [1.54, 1.807) is 18.2 Å². The van der Waals surface area contributed by atoms with Gasteiger partial charge in [0.15, 0.2) is 5.82 Å². The molecule has 27 heavy (non-hydrogen) atoms. The van der Waals surface area contributed by atoms with E-state index in [9.17, 15) is 9.59 Å². The standard InChI is InChI=1S/C19H26N6O2/c20-17(26)14-2-1-3-15-16(14)24-18(23-15)19(27)22-12-6-10-25(11-7-12)13-4-8-21-9-5-13/h1-3,12-13,21H,4-11H2,(H2,20,26)(H,22,27)(H,23,24). The van der Waals surface area contributed by atoms with Crippen molar-refractivity contribution in [2.45, 2.75) is 37.8 Å². The molecule has 1 aromatic heterocycles. The van der Waals surface area contributed by atoms with Crippen LogP contribution in [0, 0.1) is 0 Å². The van der Waals surface area contributed by atoms with Crippen LogP contribution in [0.25, 0.3) is 11.0 Å². The molecule has 2 aromatic rings. The molecule has 0 aliphatic carbocycles. The Morgan fingerprint density at radius 2 is 1.89 bits per heavy atom. The van der Waals surface area contributed by atoms with Crippen molar-refractivity contribution < 1.29 is 9.59 Å². The Morgan fingerprint density at radius 1 is 1.15 bits per heavy atom. The quantitative estimate of drug-likeness (QED) is 0.629. The van der Waals surface area contributed by atoms with E-state index in [0.29, 0.717) is 22.6 Å². The van der Waals surface area contributed by atoms with E-state index in [2.05, 4.69) is 25.5 Å². The predicted molar refractivity (Wildman–Crippen MR) is 103 cm³/mol. The van der Waals surface area contributed by atoms with Gasteiger partial charge in [-0.1, -0.05) is 6.07 Å². The molecule has 2 saturated heterocycles. The van der Waals surface area contributed by atoms with Gasteiger partial charge >= 0.3 is 0 Å². The monoisotopic (exact) mass is 370 g/mol. The number of benzene rings is 1. The van der Waals surface area contributed by atoms with Crippen LogP contribution in [0.5, 0.6) is 0 Å². The largest absolute Gasteiger partial charge is 0.366 e. The van der Waals surface area contributed by atoms with E-state index in [1.807, 2.05) is 0 Å². The van der Waals surface area contributed by atoms with Crippen molar-refractivity contribution >= 4 is 22.8 Å². The smallest absolute Gasteiger partial charge is 0.287 e. The second-order valence-electron chi connectivity index (χ2n) is 7.42. The Morgan fingerprint density at radius 3 is 2.59 bits per heavy atom. The zero-order valence-electron chi connectivity index (χ0n) is 15.3. The maximum atomic E-state index is 12.6. The van der Waals surface area contributed by atoms with Crippen LogP contribution in [-0.2, 0) is 0 Å². The molecule has 4 rings (SSSR count). The lowest BCUT2D eigenvalue weighted by Crippen LogP contribution is -2.50. The van der Waals surface area contributed by atoms with Crippen LogP contribution in [0.15, 0.2) is 18.2 Å². The van der Waals surface area contributed by atoms with E-state index in [4.69, 9.17) is 5.73 Å². The minimum absolute atomic E-state index is 0.152. The van der Waals surface area contributed by atoms with E-state index >= 15 is 0 Å². The fourth-order valence-electron chi connectivity index (χ4n) is 4.17. The first-order chi connectivity index (χ1) is 13.1. The summed E-state index contributed by atoms with van der Waals surface area (Å²) in [5, 5.41) is 6.49. The van der Waals surface area contributed by atoms with Crippen LogP contribution in [0.2, 0.25) is 0 Å². The van der Waals surface area contributed by atoms with Crippen molar-refractivity contribution in [3.8, 4) is 0 Å². The van der Waals surface area contributed by atoms with E-state index in [-0.39, 0.29) is 17.8 Å². The molecule has 0 bridgehead atoms. The normalized spacial score (nSPS) is 20.0. The second-order valence-corrected chi connectivity index (χ2v) is 7.42. The summed E-state index contributed by atoms with van der Waals surface area (Å²) in [7, 11) is 0. The minimum Gasteiger partial charge on any atom is -0.366 e. The summed E-state index contributed by atoms with van der Waals surface area (Å²) in [6.07, 6.45) is 4.31. The molecular weight excluding hydrogens is 344 g/mol. The first-order valence-electron chi connectivity index (χ1n) is 9.66. The number of carbonyl (C=O) groups is 2. The van der Waals surface area contributed by atoms with Gasteiger partial charge in [-0.2, -0.15) is 0 Å². The van der Waals surface area contributed by atoms with Crippen molar-refractivity contribution in [1.29, 1.82) is 0 Å². The number of hydrogen-bond acceptors (Lipinski definition) is 5. The number of nitrogens with zero attached hydrogens (tertiary/aromatic N) is 2. The number of H-pyrrole nitrogens is 1. The highest BCUT2D eigenvalue weighted by molar-refractivity contribution is 6.05. The lowest BCUT2D eigenvalue weighted by Gasteiger charge is -2.39. The lowest BCUT2D eigenvalue weighted by molar-refractivity contribution is 0.0862. The first kappa shape index (κ1) is 17.9. The zero-order valence-corrected chi connectivity index (χ0v) is 15.3. The molecule has 5 N–H and O–H groups in total. The number of amides is 2. The van der Waals surface area contributed by atoms with Crippen molar-refractivity contribution in [1.82, 2.24) is 25.5 Å². The number of para-hydroxylation sites is 1. The molecule has 2 amide bonds. The molecule has 2 aliphatic heterocycles. The molecular formula is C19H26N6O2. The topological polar surface area (TPSA) is 116 Å². The Labute approximate surface area is 157 Å². The number of aromatic amines is 1. The molecule has 8 nitrogen and oxygen atoms in total. The second kappa shape index (κ2) is 7.66. The van der Waals surface area contributed by atoms with Gasteiger partial charge in [-0.25, -0.2) is 4.98 Å². The highest BCUT2D eigenvalue weighted by atomic mass is 16.2. The van der Waals surface area contributed by atoms with Gasteiger partial charge in [0.2, 0.25) is 0 Å².